The standard InChI is InChI=1S/C12H14BNO4/c1-14-7-10(11(15)8-14)12(16)18-13(17)9-5-3-2-4-6-9/h2-6,10,17H,7-8H2,1H3. The highest BCUT2D eigenvalue weighted by molar-refractivity contribution is 6.61. The molecule has 1 aliphatic heterocycles. The van der Waals surface area contributed by atoms with E-state index in [9.17, 15) is 14.6 Å². The van der Waals surface area contributed by atoms with E-state index in [1.54, 1.807) is 42.3 Å². The maximum Gasteiger partial charge on any atom is 0.561 e. The van der Waals surface area contributed by atoms with E-state index >= 15 is 0 Å². The predicted molar refractivity (Wildman–Crippen MR) is 66.1 cm³/mol. The topological polar surface area (TPSA) is 66.8 Å². The van der Waals surface area contributed by atoms with Crippen molar-refractivity contribution in [2.24, 2.45) is 5.92 Å². The van der Waals surface area contributed by atoms with Crippen molar-refractivity contribution in [1.82, 2.24) is 4.90 Å². The van der Waals surface area contributed by atoms with Gasteiger partial charge in [0.25, 0.3) is 0 Å². The van der Waals surface area contributed by atoms with Gasteiger partial charge in [-0.3, -0.25) is 14.5 Å². The van der Waals surface area contributed by atoms with Crippen LogP contribution >= 0.6 is 0 Å². The Bertz CT molecular complexity index is 451. The van der Waals surface area contributed by atoms with Crippen LogP contribution in [0.25, 0.3) is 0 Å². The van der Waals surface area contributed by atoms with Gasteiger partial charge in [-0.2, -0.15) is 0 Å². The molecule has 1 heterocycles. The van der Waals surface area contributed by atoms with Gasteiger partial charge in [-0.05, 0) is 12.5 Å². The van der Waals surface area contributed by atoms with E-state index in [2.05, 4.69) is 0 Å². The lowest BCUT2D eigenvalue weighted by molar-refractivity contribution is -0.142. The number of carbonyl (C=O) groups excluding carboxylic acids is 2. The molecule has 0 amide bonds. The molecule has 6 heteroatoms. The molecule has 0 aromatic heterocycles. The molecular weight excluding hydrogens is 233 g/mol. The molecule has 1 N–H and O–H groups in total. The van der Waals surface area contributed by atoms with Gasteiger partial charge in [0.05, 0.1) is 6.54 Å². The van der Waals surface area contributed by atoms with Crippen LogP contribution < -0.4 is 5.46 Å². The monoisotopic (exact) mass is 247 g/mol. The Morgan fingerprint density at radius 3 is 2.67 bits per heavy atom. The molecule has 0 radical (unpaired) electrons. The first kappa shape index (κ1) is 12.8. The Balaban J connectivity index is 1.98. The van der Waals surface area contributed by atoms with E-state index in [4.69, 9.17) is 4.65 Å². The minimum atomic E-state index is -1.32. The third-order valence-electron chi connectivity index (χ3n) is 2.91. The number of nitrogens with zero attached hydrogens (tertiary/aromatic N) is 1. The number of carbonyl (C=O) groups is 2. The van der Waals surface area contributed by atoms with Crippen LogP contribution in [-0.2, 0) is 14.2 Å². The lowest BCUT2D eigenvalue weighted by Crippen LogP contribution is -2.39. The highest BCUT2D eigenvalue weighted by Gasteiger charge is 2.37. The molecule has 5 nitrogen and oxygen atoms in total. The molecule has 1 aromatic carbocycles. The fourth-order valence-electron chi connectivity index (χ4n) is 1.94. The summed E-state index contributed by atoms with van der Waals surface area (Å²) in [5, 5.41) is 9.74. The van der Waals surface area contributed by atoms with Crippen LogP contribution in [0, 0.1) is 5.92 Å². The van der Waals surface area contributed by atoms with Gasteiger partial charge < -0.3 is 9.68 Å². The summed E-state index contributed by atoms with van der Waals surface area (Å²) < 4.78 is 4.91. The highest BCUT2D eigenvalue weighted by Crippen LogP contribution is 2.12. The molecule has 0 bridgehead atoms. The van der Waals surface area contributed by atoms with Crippen molar-refractivity contribution >= 4 is 24.3 Å². The van der Waals surface area contributed by atoms with Gasteiger partial charge in [0.2, 0.25) is 0 Å². The molecule has 1 fully saturated rings. The quantitative estimate of drug-likeness (QED) is 0.551. The van der Waals surface area contributed by atoms with Crippen LogP contribution in [0.2, 0.25) is 0 Å². The third-order valence-corrected chi connectivity index (χ3v) is 2.91. The van der Waals surface area contributed by atoms with Gasteiger partial charge in [0, 0.05) is 6.54 Å². The van der Waals surface area contributed by atoms with E-state index in [0.29, 0.717) is 12.0 Å². The summed E-state index contributed by atoms with van der Waals surface area (Å²) in [5.74, 6) is -1.61. The molecule has 2 rings (SSSR count). The van der Waals surface area contributed by atoms with Crippen molar-refractivity contribution in [2.45, 2.75) is 0 Å². The van der Waals surface area contributed by atoms with Crippen LogP contribution in [0.4, 0.5) is 0 Å². The minimum Gasteiger partial charge on any atom is -0.505 e. The molecule has 1 saturated heterocycles. The summed E-state index contributed by atoms with van der Waals surface area (Å²) >= 11 is 0. The fraction of sp³-hybridized carbons (Fsp3) is 0.333. The molecule has 1 aromatic rings. The molecule has 0 saturated carbocycles. The van der Waals surface area contributed by atoms with Gasteiger partial charge in [0.15, 0.2) is 5.78 Å². The number of hydrogen-bond acceptors (Lipinski definition) is 5. The lowest BCUT2D eigenvalue weighted by atomic mass is 9.79. The van der Waals surface area contributed by atoms with Crippen LogP contribution in [0.3, 0.4) is 0 Å². The van der Waals surface area contributed by atoms with Gasteiger partial charge in [-0.1, -0.05) is 30.3 Å². The van der Waals surface area contributed by atoms with E-state index in [-0.39, 0.29) is 12.3 Å². The first-order valence-corrected chi connectivity index (χ1v) is 5.72. The highest BCUT2D eigenvalue weighted by atomic mass is 16.6. The first-order chi connectivity index (χ1) is 8.58. The second-order valence-corrected chi connectivity index (χ2v) is 4.42. The van der Waals surface area contributed by atoms with E-state index in [1.165, 1.54) is 0 Å². The number of benzene rings is 1. The van der Waals surface area contributed by atoms with Crippen LogP contribution in [-0.4, -0.2) is 48.9 Å². The number of Topliss-reactive ketones (excluding diaryl/α,β-unsaturated/α-hetero) is 1. The Labute approximate surface area is 105 Å². The van der Waals surface area contributed by atoms with Crippen LogP contribution in [0.1, 0.15) is 0 Å². The maximum atomic E-state index is 11.8. The largest absolute Gasteiger partial charge is 0.561 e. The first-order valence-electron chi connectivity index (χ1n) is 5.72. The Hall–Kier alpha value is -1.66. The molecular formula is C12H14BNO4. The Kier molecular flexibility index (Phi) is 3.79. The molecule has 1 aliphatic rings. The number of likely N-dealkylation sites (tertiary alicyclic amines) is 1. The van der Waals surface area contributed by atoms with E-state index in [0.717, 1.165) is 0 Å². The van der Waals surface area contributed by atoms with Crippen molar-refractivity contribution in [2.75, 3.05) is 20.1 Å². The second kappa shape index (κ2) is 5.33. The van der Waals surface area contributed by atoms with Crippen molar-refractivity contribution < 1.29 is 19.3 Å². The SMILES string of the molecule is CN1CC(=O)C(C(=O)OB(O)c2ccccc2)C1. The average Bonchev–Trinajstić information content (AvgIpc) is 2.69. The minimum absolute atomic E-state index is 0.164. The summed E-state index contributed by atoms with van der Waals surface area (Å²) in [7, 11) is 0.441. The van der Waals surface area contributed by atoms with Crippen molar-refractivity contribution in [3.05, 3.63) is 30.3 Å². The number of rotatable bonds is 3. The maximum absolute atomic E-state index is 11.8. The zero-order valence-electron chi connectivity index (χ0n) is 10.1. The van der Waals surface area contributed by atoms with Crippen LogP contribution in [0.15, 0.2) is 30.3 Å². The zero-order valence-corrected chi connectivity index (χ0v) is 10.1. The Morgan fingerprint density at radius 1 is 1.44 bits per heavy atom. The molecule has 94 valence electrons. The number of likely N-dealkylation sites (N-methyl/N-ethyl adjacent to an activating group) is 1. The predicted octanol–water partition coefficient (Wildman–Crippen LogP) is -0.952. The summed E-state index contributed by atoms with van der Waals surface area (Å²) in [6, 6.07) is 8.58. The molecule has 1 unspecified atom stereocenters. The fourth-order valence-corrected chi connectivity index (χ4v) is 1.94. The third kappa shape index (κ3) is 2.77. The molecule has 0 spiro atoms. The van der Waals surface area contributed by atoms with E-state index in [1.807, 2.05) is 0 Å². The summed E-state index contributed by atoms with van der Waals surface area (Å²) in [6.45, 7) is 0.598. The van der Waals surface area contributed by atoms with Crippen LogP contribution in [0.5, 0.6) is 0 Å². The molecule has 0 aliphatic carbocycles. The summed E-state index contributed by atoms with van der Waals surface area (Å²) in [4.78, 5) is 25.0. The van der Waals surface area contributed by atoms with Gasteiger partial charge in [-0.25, -0.2) is 0 Å². The van der Waals surface area contributed by atoms with Gasteiger partial charge in [0.1, 0.15) is 5.92 Å². The van der Waals surface area contributed by atoms with Crippen molar-refractivity contribution in [1.29, 1.82) is 0 Å². The molecule has 18 heavy (non-hydrogen) atoms. The second-order valence-electron chi connectivity index (χ2n) is 4.42. The smallest absolute Gasteiger partial charge is 0.505 e. The number of hydrogen-bond donors (Lipinski definition) is 1. The van der Waals surface area contributed by atoms with Gasteiger partial charge >= 0.3 is 13.1 Å². The molecule has 1 atom stereocenters. The van der Waals surface area contributed by atoms with Gasteiger partial charge in [-0.15, -0.1) is 0 Å². The normalized spacial score (nSPS) is 19.9. The summed E-state index contributed by atoms with van der Waals surface area (Å²) in [5.41, 5.74) is 0.490. The zero-order chi connectivity index (χ0) is 13.1. The number of ketones is 1. The van der Waals surface area contributed by atoms with Crippen molar-refractivity contribution in [3.8, 4) is 0 Å². The lowest BCUT2D eigenvalue weighted by Gasteiger charge is -2.12. The van der Waals surface area contributed by atoms with E-state index < -0.39 is 19.0 Å². The van der Waals surface area contributed by atoms with Crippen molar-refractivity contribution in [3.63, 3.8) is 0 Å². The Morgan fingerprint density at radius 2 is 2.11 bits per heavy atom. The average molecular weight is 247 g/mol. The summed E-state index contributed by atoms with van der Waals surface area (Å²) in [6.07, 6.45) is 0.